The summed E-state index contributed by atoms with van der Waals surface area (Å²) in [6, 6.07) is 0.667. The number of nitrogens with two attached hydrogens (primary N) is 1. The Hall–Kier alpha value is -0.120. The van der Waals surface area contributed by atoms with Crippen LogP contribution in [-0.2, 0) is 0 Å². The lowest BCUT2D eigenvalue weighted by atomic mass is 9.90. The average molecular weight is 185 g/mol. The number of piperidine rings is 1. The topological polar surface area (TPSA) is 41.3 Å². The standard InChI is InChI=1S/C10H23N3/c1-9(12-2)10-3-6-13(7-4-10)8-5-11/h9-10,12H,3-8,11H2,1-2H3. The molecule has 0 saturated carbocycles. The Morgan fingerprint density at radius 2 is 2.08 bits per heavy atom. The van der Waals surface area contributed by atoms with Crippen molar-refractivity contribution in [3.63, 3.8) is 0 Å². The zero-order valence-electron chi connectivity index (χ0n) is 8.92. The number of rotatable bonds is 4. The lowest BCUT2D eigenvalue weighted by Gasteiger charge is -2.34. The Balaban J connectivity index is 2.22. The van der Waals surface area contributed by atoms with Crippen molar-refractivity contribution in [1.29, 1.82) is 0 Å². The van der Waals surface area contributed by atoms with Gasteiger partial charge in [-0.3, -0.25) is 0 Å². The molecule has 1 heterocycles. The normalized spacial score (nSPS) is 23.3. The molecule has 0 spiro atoms. The molecule has 0 bridgehead atoms. The summed E-state index contributed by atoms with van der Waals surface area (Å²) < 4.78 is 0. The van der Waals surface area contributed by atoms with Crippen molar-refractivity contribution in [2.45, 2.75) is 25.8 Å². The van der Waals surface area contributed by atoms with E-state index in [1.54, 1.807) is 0 Å². The van der Waals surface area contributed by atoms with Gasteiger partial charge in [-0.1, -0.05) is 0 Å². The summed E-state index contributed by atoms with van der Waals surface area (Å²) in [4.78, 5) is 2.47. The smallest absolute Gasteiger partial charge is 0.0105 e. The van der Waals surface area contributed by atoms with Gasteiger partial charge < -0.3 is 16.0 Å². The predicted octanol–water partition coefficient (Wildman–Crippen LogP) is 0.265. The fourth-order valence-corrected chi connectivity index (χ4v) is 2.09. The van der Waals surface area contributed by atoms with Crippen LogP contribution in [0.3, 0.4) is 0 Å². The Morgan fingerprint density at radius 3 is 2.54 bits per heavy atom. The fourth-order valence-electron chi connectivity index (χ4n) is 2.09. The molecule has 78 valence electrons. The van der Waals surface area contributed by atoms with Crippen molar-refractivity contribution in [3.8, 4) is 0 Å². The molecule has 3 heteroatoms. The van der Waals surface area contributed by atoms with E-state index in [1.165, 1.54) is 25.9 Å². The van der Waals surface area contributed by atoms with E-state index in [2.05, 4.69) is 24.2 Å². The molecule has 0 amide bonds. The quantitative estimate of drug-likeness (QED) is 0.660. The van der Waals surface area contributed by atoms with E-state index in [4.69, 9.17) is 5.73 Å². The van der Waals surface area contributed by atoms with E-state index in [1.807, 2.05) is 0 Å². The van der Waals surface area contributed by atoms with Crippen LogP contribution in [0, 0.1) is 5.92 Å². The number of hydrogen-bond donors (Lipinski definition) is 2. The SMILES string of the molecule is CNC(C)C1CCN(CCN)CC1. The first-order valence-corrected chi connectivity index (χ1v) is 5.37. The van der Waals surface area contributed by atoms with Gasteiger partial charge in [-0.25, -0.2) is 0 Å². The number of hydrogen-bond acceptors (Lipinski definition) is 3. The molecule has 1 aliphatic rings. The fraction of sp³-hybridized carbons (Fsp3) is 1.00. The Bertz CT molecular complexity index is 130. The van der Waals surface area contributed by atoms with Crippen LogP contribution < -0.4 is 11.1 Å². The highest BCUT2D eigenvalue weighted by atomic mass is 15.1. The summed E-state index contributed by atoms with van der Waals surface area (Å²) >= 11 is 0. The molecule has 3 N–H and O–H groups in total. The zero-order valence-corrected chi connectivity index (χ0v) is 8.92. The maximum atomic E-state index is 5.53. The van der Waals surface area contributed by atoms with Crippen LogP contribution in [0.4, 0.5) is 0 Å². The minimum Gasteiger partial charge on any atom is -0.329 e. The molecular weight excluding hydrogens is 162 g/mol. The van der Waals surface area contributed by atoms with Gasteiger partial charge in [0.1, 0.15) is 0 Å². The van der Waals surface area contributed by atoms with Crippen molar-refractivity contribution >= 4 is 0 Å². The van der Waals surface area contributed by atoms with Crippen LogP contribution in [0.1, 0.15) is 19.8 Å². The number of likely N-dealkylation sites (tertiary alicyclic amines) is 1. The minimum absolute atomic E-state index is 0.667. The van der Waals surface area contributed by atoms with E-state index in [-0.39, 0.29) is 0 Å². The summed E-state index contributed by atoms with van der Waals surface area (Å²) in [5, 5.41) is 3.34. The highest BCUT2D eigenvalue weighted by Gasteiger charge is 2.22. The molecule has 0 aromatic rings. The minimum atomic E-state index is 0.667. The average Bonchev–Trinajstić information content (AvgIpc) is 2.18. The molecule has 0 aromatic carbocycles. The van der Waals surface area contributed by atoms with Crippen molar-refractivity contribution in [2.75, 3.05) is 33.2 Å². The van der Waals surface area contributed by atoms with Crippen LogP contribution in [-0.4, -0.2) is 44.2 Å². The second-order valence-electron chi connectivity index (χ2n) is 4.05. The van der Waals surface area contributed by atoms with Gasteiger partial charge in [0, 0.05) is 19.1 Å². The molecule has 0 aromatic heterocycles. The van der Waals surface area contributed by atoms with Gasteiger partial charge in [-0.05, 0) is 45.8 Å². The van der Waals surface area contributed by atoms with Gasteiger partial charge in [-0.2, -0.15) is 0 Å². The monoisotopic (exact) mass is 185 g/mol. The van der Waals surface area contributed by atoms with Gasteiger partial charge >= 0.3 is 0 Å². The molecule has 0 radical (unpaired) electrons. The van der Waals surface area contributed by atoms with Crippen LogP contribution in [0.5, 0.6) is 0 Å². The van der Waals surface area contributed by atoms with Crippen molar-refractivity contribution < 1.29 is 0 Å². The van der Waals surface area contributed by atoms with Gasteiger partial charge in [0.25, 0.3) is 0 Å². The maximum Gasteiger partial charge on any atom is 0.0105 e. The molecule has 3 nitrogen and oxygen atoms in total. The molecule has 1 fully saturated rings. The van der Waals surface area contributed by atoms with Crippen LogP contribution in [0.2, 0.25) is 0 Å². The Labute approximate surface area is 81.7 Å². The second-order valence-corrected chi connectivity index (χ2v) is 4.05. The Kier molecular flexibility index (Phi) is 4.70. The lowest BCUT2D eigenvalue weighted by Crippen LogP contribution is -2.42. The molecule has 0 aliphatic carbocycles. The lowest BCUT2D eigenvalue weighted by molar-refractivity contribution is 0.168. The van der Waals surface area contributed by atoms with Crippen LogP contribution in [0.15, 0.2) is 0 Å². The molecular formula is C10H23N3. The molecule has 1 unspecified atom stereocenters. The van der Waals surface area contributed by atoms with Crippen LogP contribution in [0.25, 0.3) is 0 Å². The molecule has 1 aliphatic heterocycles. The van der Waals surface area contributed by atoms with E-state index in [0.717, 1.165) is 19.0 Å². The first kappa shape index (κ1) is 11.0. The molecule has 1 atom stereocenters. The van der Waals surface area contributed by atoms with Crippen LogP contribution >= 0.6 is 0 Å². The third-order valence-corrected chi connectivity index (χ3v) is 3.24. The summed E-state index contributed by atoms with van der Waals surface area (Å²) in [7, 11) is 2.05. The number of nitrogens with one attached hydrogen (secondary N) is 1. The number of nitrogens with zero attached hydrogens (tertiary/aromatic N) is 1. The van der Waals surface area contributed by atoms with Gasteiger partial charge in [0.05, 0.1) is 0 Å². The van der Waals surface area contributed by atoms with E-state index >= 15 is 0 Å². The third-order valence-electron chi connectivity index (χ3n) is 3.24. The summed E-state index contributed by atoms with van der Waals surface area (Å²) in [6.45, 7) is 6.61. The largest absolute Gasteiger partial charge is 0.329 e. The highest BCUT2D eigenvalue weighted by molar-refractivity contribution is 4.78. The van der Waals surface area contributed by atoms with Crippen molar-refractivity contribution in [2.24, 2.45) is 11.7 Å². The van der Waals surface area contributed by atoms with E-state index < -0.39 is 0 Å². The zero-order chi connectivity index (χ0) is 9.68. The predicted molar refractivity (Wildman–Crippen MR) is 56.7 cm³/mol. The first-order chi connectivity index (χ1) is 6.27. The first-order valence-electron chi connectivity index (χ1n) is 5.37. The van der Waals surface area contributed by atoms with Gasteiger partial charge in [0.2, 0.25) is 0 Å². The summed E-state index contributed by atoms with van der Waals surface area (Å²) in [6.07, 6.45) is 2.64. The van der Waals surface area contributed by atoms with Gasteiger partial charge in [-0.15, -0.1) is 0 Å². The summed E-state index contributed by atoms with van der Waals surface area (Å²) in [5.41, 5.74) is 5.53. The summed E-state index contributed by atoms with van der Waals surface area (Å²) in [5.74, 6) is 0.860. The third kappa shape index (κ3) is 3.25. The maximum absolute atomic E-state index is 5.53. The Morgan fingerprint density at radius 1 is 1.46 bits per heavy atom. The van der Waals surface area contributed by atoms with E-state index in [0.29, 0.717) is 6.04 Å². The molecule has 1 rings (SSSR count). The highest BCUT2D eigenvalue weighted by Crippen LogP contribution is 2.19. The van der Waals surface area contributed by atoms with Gasteiger partial charge in [0.15, 0.2) is 0 Å². The van der Waals surface area contributed by atoms with E-state index in [9.17, 15) is 0 Å². The molecule has 13 heavy (non-hydrogen) atoms. The molecule has 1 saturated heterocycles. The second kappa shape index (κ2) is 5.58. The van der Waals surface area contributed by atoms with Crippen molar-refractivity contribution in [1.82, 2.24) is 10.2 Å². The van der Waals surface area contributed by atoms with Crippen molar-refractivity contribution in [3.05, 3.63) is 0 Å².